The first-order valence-electron chi connectivity index (χ1n) is 6.10. The average molecular weight is 277 g/mol. The van der Waals surface area contributed by atoms with Gasteiger partial charge in [0.1, 0.15) is 18.0 Å². The predicted molar refractivity (Wildman–Crippen MR) is 75.5 cm³/mol. The molecular formula is C13H16FN5O. The van der Waals surface area contributed by atoms with Gasteiger partial charge in [0.25, 0.3) is 0 Å². The minimum absolute atomic E-state index is 0.193. The molecule has 0 spiro atoms. The van der Waals surface area contributed by atoms with Gasteiger partial charge in [-0.3, -0.25) is 0 Å². The van der Waals surface area contributed by atoms with Crippen LogP contribution in [0.1, 0.15) is 12.5 Å². The zero-order valence-electron chi connectivity index (χ0n) is 11.3. The number of hydrogen-bond acceptors (Lipinski definition) is 6. The summed E-state index contributed by atoms with van der Waals surface area (Å²) >= 11 is 0. The molecule has 6 nitrogen and oxygen atoms in total. The lowest BCUT2D eigenvalue weighted by molar-refractivity contribution is 0.386. The molecule has 0 fully saturated rings. The molecule has 2 rings (SSSR count). The third-order valence-electron chi connectivity index (χ3n) is 2.85. The summed E-state index contributed by atoms with van der Waals surface area (Å²) in [6.45, 7) is 1.96. The molecule has 0 radical (unpaired) electrons. The Labute approximate surface area is 116 Å². The monoisotopic (exact) mass is 277 g/mol. The minimum atomic E-state index is -0.443. The van der Waals surface area contributed by atoms with Gasteiger partial charge in [-0.05, 0) is 18.6 Å². The Morgan fingerprint density at radius 1 is 1.30 bits per heavy atom. The van der Waals surface area contributed by atoms with Crippen LogP contribution in [0.15, 0.2) is 24.5 Å². The minimum Gasteiger partial charge on any atom is -0.494 e. The molecule has 4 N–H and O–H groups in total. The average Bonchev–Trinajstić information content (AvgIpc) is 2.47. The molecule has 2 aromatic rings. The van der Waals surface area contributed by atoms with Crippen molar-refractivity contribution in [3.63, 3.8) is 0 Å². The highest BCUT2D eigenvalue weighted by atomic mass is 19.1. The van der Waals surface area contributed by atoms with Crippen molar-refractivity contribution in [3.05, 3.63) is 35.9 Å². The van der Waals surface area contributed by atoms with Gasteiger partial charge in [-0.25, -0.2) is 20.2 Å². The van der Waals surface area contributed by atoms with Gasteiger partial charge in [0.15, 0.2) is 11.6 Å². The van der Waals surface area contributed by atoms with E-state index in [4.69, 9.17) is 10.6 Å². The van der Waals surface area contributed by atoms with Crippen LogP contribution in [0.2, 0.25) is 0 Å². The summed E-state index contributed by atoms with van der Waals surface area (Å²) in [5, 5.41) is 3.05. The third kappa shape index (κ3) is 2.77. The molecule has 0 atom stereocenters. The molecule has 0 amide bonds. The van der Waals surface area contributed by atoms with Crippen molar-refractivity contribution < 1.29 is 9.13 Å². The zero-order chi connectivity index (χ0) is 14.5. The second-order valence-corrected chi connectivity index (χ2v) is 4.02. The van der Waals surface area contributed by atoms with Crippen molar-refractivity contribution in [1.82, 2.24) is 9.97 Å². The molecule has 20 heavy (non-hydrogen) atoms. The van der Waals surface area contributed by atoms with Crippen LogP contribution in [0.4, 0.5) is 21.7 Å². The number of methoxy groups -OCH3 is 1. The first-order valence-corrected chi connectivity index (χ1v) is 6.10. The number of aromatic nitrogens is 2. The van der Waals surface area contributed by atoms with Crippen LogP contribution >= 0.6 is 0 Å². The van der Waals surface area contributed by atoms with E-state index >= 15 is 0 Å². The molecule has 0 bridgehead atoms. The summed E-state index contributed by atoms with van der Waals surface area (Å²) in [5.41, 5.74) is 3.91. The fraction of sp³-hybridized carbons (Fsp3) is 0.231. The number of ether oxygens (including phenoxy) is 1. The highest BCUT2D eigenvalue weighted by Crippen LogP contribution is 2.26. The number of hydrogen-bond donors (Lipinski definition) is 3. The quantitative estimate of drug-likeness (QED) is 0.574. The van der Waals surface area contributed by atoms with E-state index in [-0.39, 0.29) is 5.75 Å². The van der Waals surface area contributed by atoms with E-state index in [0.717, 1.165) is 5.56 Å². The van der Waals surface area contributed by atoms with E-state index in [1.807, 2.05) is 6.92 Å². The lowest BCUT2D eigenvalue weighted by atomic mass is 10.2. The molecular weight excluding hydrogens is 261 g/mol. The Bertz CT molecular complexity index is 605. The first kappa shape index (κ1) is 14.0. The van der Waals surface area contributed by atoms with E-state index in [1.54, 1.807) is 12.1 Å². The molecule has 0 saturated heterocycles. The van der Waals surface area contributed by atoms with Crippen LogP contribution < -0.4 is 21.3 Å². The van der Waals surface area contributed by atoms with Crippen molar-refractivity contribution in [2.24, 2.45) is 5.84 Å². The fourth-order valence-corrected chi connectivity index (χ4v) is 1.86. The summed E-state index contributed by atoms with van der Waals surface area (Å²) in [6.07, 6.45) is 2.07. The van der Waals surface area contributed by atoms with Gasteiger partial charge >= 0.3 is 0 Å². The molecule has 0 saturated carbocycles. The van der Waals surface area contributed by atoms with Gasteiger partial charge in [-0.1, -0.05) is 6.92 Å². The summed E-state index contributed by atoms with van der Waals surface area (Å²) < 4.78 is 18.5. The van der Waals surface area contributed by atoms with Gasteiger partial charge < -0.3 is 15.5 Å². The standard InChI is InChI=1S/C13H16FN5O/c1-3-9-12(16-7-17-13(9)19-15)18-8-4-5-11(20-2)10(14)6-8/h4-7H,3,15H2,1-2H3,(H2,16,17,18,19). The van der Waals surface area contributed by atoms with E-state index in [1.165, 1.54) is 19.5 Å². The number of nitrogen functional groups attached to an aromatic ring is 1. The zero-order valence-corrected chi connectivity index (χ0v) is 11.3. The van der Waals surface area contributed by atoms with E-state index in [0.29, 0.717) is 23.7 Å². The molecule has 1 aromatic carbocycles. The molecule has 7 heteroatoms. The second-order valence-electron chi connectivity index (χ2n) is 4.02. The van der Waals surface area contributed by atoms with Crippen molar-refractivity contribution in [2.45, 2.75) is 13.3 Å². The van der Waals surface area contributed by atoms with Gasteiger partial charge in [-0.2, -0.15) is 0 Å². The summed E-state index contributed by atoms with van der Waals surface area (Å²) in [7, 11) is 1.42. The van der Waals surface area contributed by atoms with Gasteiger partial charge in [-0.15, -0.1) is 0 Å². The van der Waals surface area contributed by atoms with E-state index < -0.39 is 5.82 Å². The molecule has 1 aromatic heterocycles. The van der Waals surface area contributed by atoms with Crippen LogP contribution in [-0.2, 0) is 6.42 Å². The Kier molecular flexibility index (Phi) is 4.31. The number of halogens is 1. The highest BCUT2D eigenvalue weighted by molar-refractivity contribution is 5.65. The topological polar surface area (TPSA) is 85.1 Å². The van der Waals surface area contributed by atoms with Crippen molar-refractivity contribution in [2.75, 3.05) is 17.9 Å². The smallest absolute Gasteiger partial charge is 0.167 e. The summed E-state index contributed by atoms with van der Waals surface area (Å²) in [4.78, 5) is 8.19. The van der Waals surface area contributed by atoms with E-state index in [2.05, 4.69) is 20.7 Å². The molecule has 0 aliphatic heterocycles. The SMILES string of the molecule is CCc1c(NN)ncnc1Nc1ccc(OC)c(F)c1. The van der Waals surface area contributed by atoms with Crippen LogP contribution in [0, 0.1) is 5.82 Å². The summed E-state index contributed by atoms with van der Waals surface area (Å²) in [5.74, 6) is 6.28. The number of rotatable bonds is 5. The number of nitrogens with one attached hydrogen (secondary N) is 2. The third-order valence-corrected chi connectivity index (χ3v) is 2.85. The number of nitrogens with two attached hydrogens (primary N) is 1. The Morgan fingerprint density at radius 3 is 2.65 bits per heavy atom. The second kappa shape index (κ2) is 6.16. The Hall–Kier alpha value is -2.41. The molecule has 0 aliphatic carbocycles. The Morgan fingerprint density at radius 2 is 2.05 bits per heavy atom. The summed E-state index contributed by atoms with van der Waals surface area (Å²) in [6, 6.07) is 4.60. The van der Waals surface area contributed by atoms with Crippen LogP contribution in [0.3, 0.4) is 0 Å². The van der Waals surface area contributed by atoms with Crippen LogP contribution in [0.25, 0.3) is 0 Å². The van der Waals surface area contributed by atoms with Crippen molar-refractivity contribution >= 4 is 17.3 Å². The number of benzene rings is 1. The maximum absolute atomic E-state index is 13.7. The molecule has 0 aliphatic rings. The number of hydrazine groups is 1. The van der Waals surface area contributed by atoms with E-state index in [9.17, 15) is 4.39 Å². The normalized spacial score (nSPS) is 10.2. The maximum atomic E-state index is 13.7. The van der Waals surface area contributed by atoms with Crippen molar-refractivity contribution in [3.8, 4) is 5.75 Å². The Balaban J connectivity index is 2.32. The molecule has 106 valence electrons. The lowest BCUT2D eigenvalue weighted by Gasteiger charge is -2.13. The van der Waals surface area contributed by atoms with Crippen LogP contribution in [0.5, 0.6) is 5.75 Å². The fourth-order valence-electron chi connectivity index (χ4n) is 1.86. The van der Waals surface area contributed by atoms with Gasteiger partial charge in [0.2, 0.25) is 0 Å². The molecule has 0 unspecified atom stereocenters. The van der Waals surface area contributed by atoms with Crippen LogP contribution in [-0.4, -0.2) is 17.1 Å². The predicted octanol–water partition coefficient (Wildman–Crippen LogP) is 2.22. The van der Waals surface area contributed by atoms with Crippen molar-refractivity contribution in [1.29, 1.82) is 0 Å². The number of nitrogens with zero attached hydrogens (tertiary/aromatic N) is 2. The maximum Gasteiger partial charge on any atom is 0.167 e. The largest absolute Gasteiger partial charge is 0.494 e. The lowest BCUT2D eigenvalue weighted by Crippen LogP contribution is -2.13. The first-order chi connectivity index (χ1) is 9.69. The highest BCUT2D eigenvalue weighted by Gasteiger charge is 2.10. The van der Waals surface area contributed by atoms with Gasteiger partial charge in [0.05, 0.1) is 7.11 Å². The van der Waals surface area contributed by atoms with Gasteiger partial charge in [0, 0.05) is 17.3 Å². The number of anilines is 3. The molecule has 1 heterocycles.